The van der Waals surface area contributed by atoms with Gasteiger partial charge in [0.1, 0.15) is 0 Å². The van der Waals surface area contributed by atoms with Crippen molar-refractivity contribution in [2.45, 2.75) is 6.54 Å². The lowest BCUT2D eigenvalue weighted by Crippen LogP contribution is -1.92. The van der Waals surface area contributed by atoms with Crippen LogP contribution in [0.4, 0.5) is 0 Å². The van der Waals surface area contributed by atoms with Crippen molar-refractivity contribution < 1.29 is 0 Å². The van der Waals surface area contributed by atoms with Crippen molar-refractivity contribution in [3.63, 3.8) is 0 Å². The minimum Gasteiger partial charge on any atom is -0.344 e. The summed E-state index contributed by atoms with van der Waals surface area (Å²) in [5, 5.41) is 9.94. The number of nitrogens with zero attached hydrogens (tertiary/aromatic N) is 2. The SMILES string of the molecule is N#Cc1ccc2ccn(C/C=C/Cl)c2c1. The molecule has 15 heavy (non-hydrogen) atoms. The van der Waals surface area contributed by atoms with Crippen molar-refractivity contribution in [1.29, 1.82) is 5.26 Å². The zero-order valence-corrected chi connectivity index (χ0v) is 8.78. The Labute approximate surface area is 93.0 Å². The van der Waals surface area contributed by atoms with Gasteiger partial charge in [-0.15, -0.1) is 0 Å². The fraction of sp³-hybridized carbons (Fsp3) is 0.0833. The minimum absolute atomic E-state index is 0.678. The van der Waals surface area contributed by atoms with Crippen molar-refractivity contribution >= 4 is 22.5 Å². The van der Waals surface area contributed by atoms with Gasteiger partial charge < -0.3 is 4.57 Å². The molecule has 0 saturated heterocycles. The molecule has 3 heteroatoms. The number of halogens is 1. The topological polar surface area (TPSA) is 28.7 Å². The maximum absolute atomic E-state index is 8.81. The third-order valence-electron chi connectivity index (χ3n) is 2.29. The van der Waals surface area contributed by atoms with Crippen LogP contribution in [0.25, 0.3) is 10.9 Å². The molecule has 2 aromatic rings. The van der Waals surface area contributed by atoms with Crippen LogP contribution >= 0.6 is 11.6 Å². The normalized spacial score (nSPS) is 10.9. The average molecular weight is 217 g/mol. The molecule has 0 N–H and O–H groups in total. The molecule has 0 aliphatic carbocycles. The van der Waals surface area contributed by atoms with Gasteiger partial charge >= 0.3 is 0 Å². The molecule has 1 aromatic carbocycles. The fourth-order valence-corrected chi connectivity index (χ4v) is 1.65. The lowest BCUT2D eigenvalue weighted by atomic mass is 10.2. The van der Waals surface area contributed by atoms with Gasteiger partial charge in [0.15, 0.2) is 0 Å². The lowest BCUT2D eigenvalue weighted by molar-refractivity contribution is 0.864. The van der Waals surface area contributed by atoms with Crippen LogP contribution < -0.4 is 0 Å². The van der Waals surface area contributed by atoms with Crippen molar-refractivity contribution in [3.05, 3.63) is 47.6 Å². The highest BCUT2D eigenvalue weighted by atomic mass is 35.5. The summed E-state index contributed by atoms with van der Waals surface area (Å²) in [5.41, 5.74) is 3.24. The molecular weight excluding hydrogens is 208 g/mol. The molecule has 1 aromatic heterocycles. The number of nitriles is 1. The molecule has 0 bridgehead atoms. The molecule has 2 nitrogen and oxygen atoms in total. The largest absolute Gasteiger partial charge is 0.344 e. The van der Waals surface area contributed by atoms with Crippen molar-refractivity contribution in [2.75, 3.05) is 0 Å². The first-order chi connectivity index (χ1) is 7.35. The highest BCUT2D eigenvalue weighted by molar-refractivity contribution is 6.25. The number of hydrogen-bond acceptors (Lipinski definition) is 1. The second kappa shape index (κ2) is 4.20. The molecule has 2 rings (SSSR count). The Hall–Kier alpha value is -1.72. The zero-order chi connectivity index (χ0) is 10.7. The van der Waals surface area contributed by atoms with E-state index in [0.29, 0.717) is 5.56 Å². The smallest absolute Gasteiger partial charge is 0.0992 e. The van der Waals surface area contributed by atoms with E-state index in [1.807, 2.05) is 36.5 Å². The van der Waals surface area contributed by atoms with Crippen LogP contribution in [0.15, 0.2) is 42.1 Å². The molecule has 0 radical (unpaired) electrons. The van der Waals surface area contributed by atoms with E-state index in [4.69, 9.17) is 16.9 Å². The van der Waals surface area contributed by atoms with Crippen LogP contribution in [-0.4, -0.2) is 4.57 Å². The zero-order valence-electron chi connectivity index (χ0n) is 8.02. The molecule has 0 aliphatic heterocycles. The van der Waals surface area contributed by atoms with Crippen LogP contribution in [0.3, 0.4) is 0 Å². The summed E-state index contributed by atoms with van der Waals surface area (Å²) in [6.45, 7) is 0.724. The van der Waals surface area contributed by atoms with Crippen LogP contribution in [0.2, 0.25) is 0 Å². The van der Waals surface area contributed by atoms with E-state index in [2.05, 4.69) is 10.6 Å². The van der Waals surface area contributed by atoms with E-state index < -0.39 is 0 Å². The summed E-state index contributed by atoms with van der Waals surface area (Å²) >= 11 is 5.48. The van der Waals surface area contributed by atoms with Crippen molar-refractivity contribution in [1.82, 2.24) is 4.57 Å². The third-order valence-corrected chi connectivity index (χ3v) is 2.47. The summed E-state index contributed by atoms with van der Waals surface area (Å²) in [4.78, 5) is 0. The summed E-state index contributed by atoms with van der Waals surface area (Å²) in [7, 11) is 0. The Morgan fingerprint density at radius 3 is 3.00 bits per heavy atom. The van der Waals surface area contributed by atoms with Crippen LogP contribution in [0, 0.1) is 11.3 Å². The van der Waals surface area contributed by atoms with Gasteiger partial charge in [-0.25, -0.2) is 0 Å². The van der Waals surface area contributed by atoms with Crippen molar-refractivity contribution in [3.8, 4) is 6.07 Å². The number of benzene rings is 1. The predicted molar refractivity (Wildman–Crippen MR) is 61.6 cm³/mol. The van der Waals surface area contributed by atoms with Gasteiger partial charge in [-0.1, -0.05) is 23.7 Å². The Kier molecular flexibility index (Phi) is 2.75. The number of hydrogen-bond donors (Lipinski definition) is 0. The number of fused-ring (bicyclic) bond motifs is 1. The number of allylic oxidation sites excluding steroid dienone is 1. The van der Waals surface area contributed by atoms with Gasteiger partial charge in [0.25, 0.3) is 0 Å². The molecule has 0 aliphatic rings. The maximum atomic E-state index is 8.81. The van der Waals surface area contributed by atoms with Gasteiger partial charge in [-0.2, -0.15) is 5.26 Å². The molecule has 1 heterocycles. The Balaban J connectivity index is 2.52. The highest BCUT2D eigenvalue weighted by Crippen LogP contribution is 2.17. The van der Waals surface area contributed by atoms with Crippen LogP contribution in [-0.2, 0) is 6.54 Å². The molecule has 0 fully saturated rings. The van der Waals surface area contributed by atoms with Crippen LogP contribution in [0.5, 0.6) is 0 Å². The van der Waals surface area contributed by atoms with Gasteiger partial charge in [0, 0.05) is 23.8 Å². The Bertz CT molecular complexity index is 546. The second-order valence-corrected chi connectivity index (χ2v) is 3.47. The van der Waals surface area contributed by atoms with Crippen LogP contribution in [0.1, 0.15) is 5.56 Å². The standard InChI is InChI=1S/C12H9ClN2/c13-5-1-6-15-7-4-11-3-2-10(9-14)8-12(11)15/h1-5,7-8H,6H2/b5-1+. The molecule has 0 spiro atoms. The molecule has 0 saturated carbocycles. The van der Waals surface area contributed by atoms with E-state index in [-0.39, 0.29) is 0 Å². The van der Waals surface area contributed by atoms with E-state index >= 15 is 0 Å². The third kappa shape index (κ3) is 1.88. The Morgan fingerprint density at radius 1 is 1.40 bits per heavy atom. The number of aromatic nitrogens is 1. The molecular formula is C12H9ClN2. The lowest BCUT2D eigenvalue weighted by Gasteiger charge is -2.00. The van der Waals surface area contributed by atoms with E-state index in [9.17, 15) is 0 Å². The summed E-state index contributed by atoms with van der Waals surface area (Å²) < 4.78 is 2.05. The first kappa shape index (κ1) is 9.82. The van der Waals surface area contributed by atoms with Gasteiger partial charge in [-0.3, -0.25) is 0 Å². The molecule has 0 atom stereocenters. The second-order valence-electron chi connectivity index (χ2n) is 3.22. The predicted octanol–water partition coefficient (Wildman–Crippen LogP) is 3.27. The molecule has 0 unspecified atom stereocenters. The number of rotatable bonds is 2. The minimum atomic E-state index is 0.678. The molecule has 0 amide bonds. The monoisotopic (exact) mass is 216 g/mol. The average Bonchev–Trinajstić information content (AvgIpc) is 2.68. The quantitative estimate of drug-likeness (QED) is 0.758. The van der Waals surface area contributed by atoms with Gasteiger partial charge in [0.05, 0.1) is 11.6 Å². The van der Waals surface area contributed by atoms with Gasteiger partial charge in [-0.05, 0) is 23.6 Å². The van der Waals surface area contributed by atoms with Gasteiger partial charge in [0.2, 0.25) is 0 Å². The van der Waals surface area contributed by atoms with E-state index in [1.165, 1.54) is 5.54 Å². The Morgan fingerprint density at radius 2 is 2.27 bits per heavy atom. The molecule has 74 valence electrons. The van der Waals surface area contributed by atoms with E-state index in [0.717, 1.165) is 17.4 Å². The highest BCUT2D eigenvalue weighted by Gasteiger charge is 2.00. The summed E-state index contributed by atoms with van der Waals surface area (Å²) in [6.07, 6.45) is 3.85. The van der Waals surface area contributed by atoms with Crippen molar-refractivity contribution in [2.24, 2.45) is 0 Å². The van der Waals surface area contributed by atoms with E-state index in [1.54, 1.807) is 0 Å². The first-order valence-corrected chi connectivity index (χ1v) is 5.03. The fourth-order valence-electron chi connectivity index (χ4n) is 1.57. The summed E-state index contributed by atoms with van der Waals surface area (Å²) in [5.74, 6) is 0. The first-order valence-electron chi connectivity index (χ1n) is 4.59. The maximum Gasteiger partial charge on any atom is 0.0992 e. The summed E-state index contributed by atoms with van der Waals surface area (Å²) in [6, 6.07) is 9.82.